The van der Waals surface area contributed by atoms with Crippen LogP contribution in [0.2, 0.25) is 5.02 Å². The van der Waals surface area contributed by atoms with Crippen molar-refractivity contribution >= 4 is 29.3 Å². The Morgan fingerprint density at radius 1 is 1.47 bits per heavy atom. The highest BCUT2D eigenvalue weighted by molar-refractivity contribution is 6.34. The number of benzene rings is 1. The summed E-state index contributed by atoms with van der Waals surface area (Å²) < 4.78 is 0. The number of anilines is 1. The maximum atomic E-state index is 12.1. The number of guanidine groups is 1. The fourth-order valence-corrected chi connectivity index (χ4v) is 2.06. The molecule has 0 radical (unpaired) electrons. The second kappa shape index (κ2) is 6.99. The van der Waals surface area contributed by atoms with Crippen LogP contribution >= 0.6 is 11.6 Å². The number of aliphatic imine (C=N–C) groups is 1. The van der Waals surface area contributed by atoms with Crippen molar-refractivity contribution in [2.45, 2.75) is 13.3 Å². The number of hydrogen-bond acceptors (Lipinski definition) is 2. The van der Waals surface area contributed by atoms with Crippen molar-refractivity contribution in [1.29, 1.82) is 0 Å². The molecule has 1 aromatic carbocycles. The van der Waals surface area contributed by atoms with Gasteiger partial charge in [0.15, 0.2) is 5.96 Å². The van der Waals surface area contributed by atoms with Gasteiger partial charge in [0.05, 0.1) is 10.7 Å². The number of halogens is 1. The van der Waals surface area contributed by atoms with Crippen molar-refractivity contribution < 1.29 is 4.79 Å². The lowest BCUT2D eigenvalue weighted by Gasteiger charge is -2.22. The third kappa shape index (κ3) is 3.61. The lowest BCUT2D eigenvalue weighted by molar-refractivity contribution is 0.251. The summed E-state index contributed by atoms with van der Waals surface area (Å²) in [6, 6.07) is 5.31. The minimum atomic E-state index is -0.294. The zero-order chi connectivity index (χ0) is 14.4. The minimum absolute atomic E-state index is 0.294. The van der Waals surface area contributed by atoms with Crippen molar-refractivity contribution in [1.82, 2.24) is 10.6 Å². The standard InChI is InChI=1S/C13H19ClN4O/c1-5-9-7-6-8-10(14)11(9)18(4)13(19)17-12(15-2)16-3/h6-8H,5H2,1-4H3,(H2,15,16,17,19). The quantitative estimate of drug-likeness (QED) is 0.646. The fraction of sp³-hybridized carbons (Fsp3) is 0.385. The number of nitrogens with one attached hydrogen (secondary N) is 2. The van der Waals surface area contributed by atoms with Crippen LogP contribution in [0.4, 0.5) is 10.5 Å². The molecule has 1 rings (SSSR count). The molecular formula is C13H19ClN4O. The summed E-state index contributed by atoms with van der Waals surface area (Å²) in [6.45, 7) is 2.02. The lowest BCUT2D eigenvalue weighted by atomic mass is 10.1. The second-order valence-corrected chi connectivity index (χ2v) is 4.32. The molecule has 2 amide bonds. The number of hydrogen-bond donors (Lipinski definition) is 2. The molecule has 0 atom stereocenters. The third-order valence-electron chi connectivity index (χ3n) is 2.78. The number of aryl methyl sites for hydroxylation is 1. The number of amides is 2. The zero-order valence-corrected chi connectivity index (χ0v) is 12.4. The van der Waals surface area contributed by atoms with Crippen LogP contribution in [0.3, 0.4) is 0 Å². The van der Waals surface area contributed by atoms with Gasteiger partial charge in [-0.2, -0.15) is 0 Å². The summed E-state index contributed by atoms with van der Waals surface area (Å²) in [5.74, 6) is 0.405. The van der Waals surface area contributed by atoms with Gasteiger partial charge < -0.3 is 5.32 Å². The van der Waals surface area contributed by atoms with Crippen molar-refractivity contribution in [3.05, 3.63) is 28.8 Å². The van der Waals surface area contributed by atoms with E-state index < -0.39 is 0 Å². The van der Waals surface area contributed by atoms with E-state index in [1.165, 1.54) is 4.90 Å². The Bertz CT molecular complexity index is 488. The third-order valence-corrected chi connectivity index (χ3v) is 3.08. The Hall–Kier alpha value is -1.75. The Morgan fingerprint density at radius 3 is 2.68 bits per heavy atom. The van der Waals surface area contributed by atoms with E-state index in [1.807, 2.05) is 19.1 Å². The summed E-state index contributed by atoms with van der Waals surface area (Å²) in [5.41, 5.74) is 1.74. The molecule has 0 aliphatic rings. The van der Waals surface area contributed by atoms with Gasteiger partial charge in [-0.25, -0.2) is 4.79 Å². The van der Waals surface area contributed by atoms with E-state index in [9.17, 15) is 4.79 Å². The fourth-order valence-electron chi connectivity index (χ4n) is 1.74. The molecule has 0 aliphatic carbocycles. The SMILES string of the molecule is CCc1cccc(Cl)c1N(C)C(=O)NC(=NC)NC. The highest BCUT2D eigenvalue weighted by atomic mass is 35.5. The first-order chi connectivity index (χ1) is 9.04. The van der Waals surface area contributed by atoms with E-state index in [0.717, 1.165) is 17.7 Å². The smallest absolute Gasteiger partial charge is 0.328 e. The lowest BCUT2D eigenvalue weighted by Crippen LogP contribution is -2.45. The highest BCUT2D eigenvalue weighted by Crippen LogP contribution is 2.29. The molecule has 1 aromatic rings. The topological polar surface area (TPSA) is 56.7 Å². The maximum Gasteiger partial charge on any atom is 0.328 e. The van der Waals surface area contributed by atoms with Crippen LogP contribution < -0.4 is 15.5 Å². The first kappa shape index (κ1) is 15.3. The normalized spacial score (nSPS) is 11.1. The molecule has 0 fully saturated rings. The summed E-state index contributed by atoms with van der Waals surface area (Å²) in [7, 11) is 4.97. The predicted molar refractivity (Wildman–Crippen MR) is 80.2 cm³/mol. The summed E-state index contributed by atoms with van der Waals surface area (Å²) >= 11 is 6.18. The average Bonchev–Trinajstić information content (AvgIpc) is 2.43. The van der Waals surface area contributed by atoms with Crippen LogP contribution in [0.15, 0.2) is 23.2 Å². The van der Waals surface area contributed by atoms with Gasteiger partial charge in [-0.05, 0) is 18.1 Å². The molecule has 2 N–H and O–H groups in total. The highest BCUT2D eigenvalue weighted by Gasteiger charge is 2.17. The van der Waals surface area contributed by atoms with Crippen molar-refractivity contribution in [2.75, 3.05) is 26.0 Å². The monoisotopic (exact) mass is 282 g/mol. The Labute approximate surface area is 118 Å². The van der Waals surface area contributed by atoms with Crippen LogP contribution in [0.5, 0.6) is 0 Å². The van der Waals surface area contributed by atoms with Gasteiger partial charge in [-0.3, -0.25) is 15.2 Å². The largest absolute Gasteiger partial charge is 0.359 e. The predicted octanol–water partition coefficient (Wildman–Crippen LogP) is 2.25. The van der Waals surface area contributed by atoms with E-state index in [-0.39, 0.29) is 6.03 Å². The Balaban J connectivity index is 3.00. The van der Waals surface area contributed by atoms with Crippen molar-refractivity contribution in [3.8, 4) is 0 Å². The molecular weight excluding hydrogens is 264 g/mol. The number of carbonyl (C=O) groups is 1. The van der Waals surface area contributed by atoms with Gasteiger partial charge in [-0.15, -0.1) is 0 Å². The van der Waals surface area contributed by atoms with E-state index in [1.54, 1.807) is 27.2 Å². The van der Waals surface area contributed by atoms with Crippen LogP contribution in [-0.2, 0) is 6.42 Å². The Morgan fingerprint density at radius 2 is 2.16 bits per heavy atom. The number of nitrogens with zero attached hydrogens (tertiary/aromatic N) is 2. The van der Waals surface area contributed by atoms with Crippen LogP contribution in [0.25, 0.3) is 0 Å². The average molecular weight is 283 g/mol. The molecule has 0 bridgehead atoms. The van der Waals surface area contributed by atoms with Crippen molar-refractivity contribution in [2.24, 2.45) is 4.99 Å². The second-order valence-electron chi connectivity index (χ2n) is 3.91. The van der Waals surface area contributed by atoms with Gasteiger partial charge in [-0.1, -0.05) is 30.7 Å². The number of carbonyl (C=O) groups excluding carboxylic acids is 1. The van der Waals surface area contributed by atoms with Gasteiger partial charge in [0, 0.05) is 21.1 Å². The van der Waals surface area contributed by atoms with Crippen LogP contribution in [0.1, 0.15) is 12.5 Å². The molecule has 0 spiro atoms. The minimum Gasteiger partial charge on any atom is -0.359 e. The molecule has 0 saturated heterocycles. The van der Waals surface area contributed by atoms with Gasteiger partial charge in [0.2, 0.25) is 0 Å². The zero-order valence-electron chi connectivity index (χ0n) is 11.6. The summed E-state index contributed by atoms with van der Waals surface area (Å²) in [4.78, 5) is 17.5. The molecule has 6 heteroatoms. The summed E-state index contributed by atoms with van der Waals surface area (Å²) in [6.07, 6.45) is 0.800. The number of urea groups is 1. The number of para-hydroxylation sites is 1. The number of rotatable bonds is 2. The maximum absolute atomic E-state index is 12.1. The molecule has 19 heavy (non-hydrogen) atoms. The first-order valence-corrected chi connectivity index (χ1v) is 6.39. The van der Waals surface area contributed by atoms with Crippen LogP contribution in [0, 0.1) is 0 Å². The van der Waals surface area contributed by atoms with E-state index in [2.05, 4.69) is 15.6 Å². The van der Waals surface area contributed by atoms with E-state index in [4.69, 9.17) is 11.6 Å². The van der Waals surface area contributed by atoms with Crippen molar-refractivity contribution in [3.63, 3.8) is 0 Å². The molecule has 0 heterocycles. The molecule has 0 aromatic heterocycles. The van der Waals surface area contributed by atoms with E-state index in [0.29, 0.717) is 11.0 Å². The molecule has 0 unspecified atom stereocenters. The molecule has 0 aliphatic heterocycles. The molecule has 0 saturated carbocycles. The molecule has 5 nitrogen and oxygen atoms in total. The molecule has 104 valence electrons. The van der Waals surface area contributed by atoms with Crippen LogP contribution in [-0.4, -0.2) is 33.1 Å². The first-order valence-electron chi connectivity index (χ1n) is 6.01. The van der Waals surface area contributed by atoms with Gasteiger partial charge >= 0.3 is 6.03 Å². The Kier molecular flexibility index (Phi) is 5.63. The van der Waals surface area contributed by atoms with Gasteiger partial charge in [0.1, 0.15) is 0 Å². The summed E-state index contributed by atoms with van der Waals surface area (Å²) in [5, 5.41) is 6.00. The van der Waals surface area contributed by atoms with E-state index >= 15 is 0 Å². The van der Waals surface area contributed by atoms with Gasteiger partial charge in [0.25, 0.3) is 0 Å².